The number of carbonyl (C=O) groups is 1. The van der Waals surface area contributed by atoms with Gasteiger partial charge in [0, 0.05) is 28.6 Å². The highest BCUT2D eigenvalue weighted by Crippen LogP contribution is 2.46. The highest BCUT2D eigenvalue weighted by molar-refractivity contribution is 8.04. The molecule has 0 saturated heterocycles. The number of ether oxygens (including phenoxy) is 1. The van der Waals surface area contributed by atoms with Crippen LogP contribution in [0, 0.1) is 0 Å². The van der Waals surface area contributed by atoms with Crippen LogP contribution < -0.4 is 9.04 Å². The van der Waals surface area contributed by atoms with Crippen LogP contribution in [0.15, 0.2) is 41.8 Å². The number of benzene rings is 1. The second kappa shape index (κ2) is 8.33. The van der Waals surface area contributed by atoms with Crippen LogP contribution in [-0.4, -0.2) is 54.9 Å². The van der Waals surface area contributed by atoms with Crippen molar-refractivity contribution in [2.75, 3.05) is 17.5 Å². The summed E-state index contributed by atoms with van der Waals surface area (Å²) in [6, 6.07) is 5.68. The summed E-state index contributed by atoms with van der Waals surface area (Å²) >= 11 is 1.35. The van der Waals surface area contributed by atoms with Crippen LogP contribution in [0.2, 0.25) is 0 Å². The van der Waals surface area contributed by atoms with Gasteiger partial charge in [-0.1, -0.05) is 12.1 Å². The molecule has 0 saturated carbocycles. The third-order valence-electron chi connectivity index (χ3n) is 5.91. The molecule has 0 amide bonds. The molecule has 0 aliphatic carbocycles. The van der Waals surface area contributed by atoms with Crippen molar-refractivity contribution in [3.05, 3.63) is 47.4 Å². The number of nitrogens with zero attached hydrogens (tertiary/aromatic N) is 6. The average Bonchev–Trinajstić information content (AvgIpc) is 3.51. The van der Waals surface area contributed by atoms with E-state index in [1.54, 1.807) is 30.5 Å². The lowest BCUT2D eigenvalue weighted by Crippen LogP contribution is -2.35. The number of hydrogen-bond acceptors (Lipinski definition) is 7. The Balaban J connectivity index is 1.42. The van der Waals surface area contributed by atoms with E-state index in [2.05, 4.69) is 15.2 Å². The fourth-order valence-electron chi connectivity index (χ4n) is 3.93. The predicted molar refractivity (Wildman–Crippen MR) is 123 cm³/mol. The number of alkyl halides is 3. The van der Waals surface area contributed by atoms with Gasteiger partial charge in [-0.2, -0.15) is 28.4 Å². The average molecular weight is 507 g/mol. The summed E-state index contributed by atoms with van der Waals surface area (Å²) in [5.74, 6) is -0.198. The molecule has 0 fully saturated rings. The SMILES string of the molecule is CC(C)(C(=O)O)n1cc(-c2ccc3c(c2)OCCC2=C3CN(c3ncnn3CC(F)(F)F)S2)cn1. The maximum Gasteiger partial charge on any atom is 0.408 e. The minimum Gasteiger partial charge on any atom is -0.493 e. The topological polar surface area (TPSA) is 98.3 Å². The Labute approximate surface area is 202 Å². The second-order valence-electron chi connectivity index (χ2n) is 8.71. The molecule has 0 bridgehead atoms. The molecule has 1 aromatic carbocycles. The number of carboxylic acids is 1. The lowest BCUT2D eigenvalue weighted by molar-refractivity contribution is -0.146. The van der Waals surface area contributed by atoms with Gasteiger partial charge in [-0.05, 0) is 43.0 Å². The summed E-state index contributed by atoms with van der Waals surface area (Å²) in [6.45, 7) is 2.70. The van der Waals surface area contributed by atoms with Crippen molar-refractivity contribution in [3.8, 4) is 16.9 Å². The van der Waals surface area contributed by atoms with Gasteiger partial charge in [0.05, 0.1) is 19.3 Å². The lowest BCUT2D eigenvalue weighted by Gasteiger charge is -2.19. The zero-order valence-corrected chi connectivity index (χ0v) is 19.6. The minimum atomic E-state index is -4.40. The third-order valence-corrected chi connectivity index (χ3v) is 7.10. The molecule has 9 nitrogen and oxygen atoms in total. The molecule has 1 N–H and O–H groups in total. The van der Waals surface area contributed by atoms with Gasteiger partial charge in [0.25, 0.3) is 0 Å². The molecule has 2 aliphatic rings. The van der Waals surface area contributed by atoms with E-state index in [0.717, 1.165) is 38.2 Å². The molecule has 184 valence electrons. The fraction of sp³-hybridized carbons (Fsp3) is 0.364. The molecule has 13 heteroatoms. The lowest BCUT2D eigenvalue weighted by atomic mass is 10.00. The molecule has 0 unspecified atom stereocenters. The van der Waals surface area contributed by atoms with Gasteiger partial charge in [-0.3, -0.25) is 8.99 Å². The molecule has 0 radical (unpaired) electrons. The number of carboxylic acid groups (broad SMARTS) is 1. The number of aromatic nitrogens is 5. The molecule has 35 heavy (non-hydrogen) atoms. The van der Waals surface area contributed by atoms with Gasteiger partial charge < -0.3 is 9.84 Å². The number of anilines is 1. The summed E-state index contributed by atoms with van der Waals surface area (Å²) in [6.07, 6.45) is 0.618. The number of fused-ring (bicyclic) bond motifs is 2. The molecule has 2 aliphatic heterocycles. The van der Waals surface area contributed by atoms with Gasteiger partial charge in [0.1, 0.15) is 18.6 Å². The van der Waals surface area contributed by atoms with Crippen LogP contribution in [0.25, 0.3) is 16.7 Å². The molecule has 3 aromatic rings. The van der Waals surface area contributed by atoms with E-state index < -0.39 is 24.2 Å². The van der Waals surface area contributed by atoms with Crippen molar-refractivity contribution in [2.24, 2.45) is 0 Å². The van der Waals surface area contributed by atoms with Crippen LogP contribution in [0.3, 0.4) is 0 Å². The summed E-state index contributed by atoms with van der Waals surface area (Å²) in [4.78, 5) is 16.6. The van der Waals surface area contributed by atoms with Gasteiger partial charge in [0.15, 0.2) is 5.54 Å². The Hall–Kier alpha value is -3.48. The Morgan fingerprint density at radius 2 is 2.03 bits per heavy atom. The number of halogens is 3. The quantitative estimate of drug-likeness (QED) is 0.515. The van der Waals surface area contributed by atoms with Crippen LogP contribution in [0.1, 0.15) is 25.8 Å². The molecule has 4 heterocycles. The van der Waals surface area contributed by atoms with Crippen molar-refractivity contribution in [1.82, 2.24) is 24.5 Å². The maximum absolute atomic E-state index is 12.9. The third kappa shape index (κ3) is 4.35. The Kier molecular flexibility index (Phi) is 5.54. The standard InChI is InChI=1S/C22H21F3N6O3S/c1-21(2,19(32)33)31-9-14(8-27-31)13-3-4-15-16-10-30(35-18(16)5-6-34-17(15)7-13)20-26-12-28-29(20)11-22(23,24)25/h3-4,7-9,12H,5-6,10-11H2,1-2H3,(H,32,33). The van der Waals surface area contributed by atoms with E-state index in [4.69, 9.17) is 4.74 Å². The van der Waals surface area contributed by atoms with Crippen molar-refractivity contribution >= 4 is 29.4 Å². The molecule has 0 atom stereocenters. The van der Waals surface area contributed by atoms with Crippen LogP contribution in [-0.2, 0) is 16.9 Å². The van der Waals surface area contributed by atoms with E-state index in [9.17, 15) is 23.1 Å². The zero-order valence-electron chi connectivity index (χ0n) is 18.8. The highest BCUT2D eigenvalue weighted by atomic mass is 32.2. The van der Waals surface area contributed by atoms with Gasteiger partial charge in [-0.25, -0.2) is 9.48 Å². The van der Waals surface area contributed by atoms with Crippen LogP contribution >= 0.6 is 11.9 Å². The summed E-state index contributed by atoms with van der Waals surface area (Å²) < 4.78 is 48.8. The van der Waals surface area contributed by atoms with Crippen molar-refractivity contribution in [1.29, 1.82) is 0 Å². The van der Waals surface area contributed by atoms with Crippen molar-refractivity contribution in [2.45, 2.75) is 38.5 Å². The normalized spacial score (nSPS) is 16.1. The zero-order chi connectivity index (χ0) is 25.0. The molecular formula is C22H21F3N6O3S. The largest absolute Gasteiger partial charge is 0.493 e. The molecule has 5 rings (SSSR count). The summed E-state index contributed by atoms with van der Waals surface area (Å²) in [7, 11) is 0. The van der Waals surface area contributed by atoms with E-state index in [1.807, 2.05) is 18.2 Å². The van der Waals surface area contributed by atoms with Gasteiger partial charge in [-0.15, -0.1) is 0 Å². The van der Waals surface area contributed by atoms with E-state index in [1.165, 1.54) is 16.6 Å². The first kappa shape index (κ1) is 23.3. The maximum atomic E-state index is 12.9. The number of rotatable bonds is 5. The Bertz CT molecular complexity index is 1330. The van der Waals surface area contributed by atoms with Crippen LogP contribution in [0.5, 0.6) is 5.75 Å². The Morgan fingerprint density at radius 3 is 2.77 bits per heavy atom. The smallest absolute Gasteiger partial charge is 0.408 e. The van der Waals surface area contributed by atoms with E-state index in [0.29, 0.717) is 25.3 Å². The first-order valence-electron chi connectivity index (χ1n) is 10.7. The molecule has 2 aromatic heterocycles. The first-order valence-corrected chi connectivity index (χ1v) is 11.5. The molecule has 0 spiro atoms. The van der Waals surface area contributed by atoms with Crippen LogP contribution in [0.4, 0.5) is 19.1 Å². The van der Waals surface area contributed by atoms with Gasteiger partial charge in [0.2, 0.25) is 5.95 Å². The second-order valence-corrected chi connectivity index (χ2v) is 9.83. The monoisotopic (exact) mass is 506 g/mol. The number of hydrogen-bond donors (Lipinski definition) is 1. The fourth-order valence-corrected chi connectivity index (χ4v) is 5.07. The number of aliphatic carboxylic acids is 1. The summed E-state index contributed by atoms with van der Waals surface area (Å²) in [5.41, 5.74) is 2.19. The highest BCUT2D eigenvalue weighted by Gasteiger charge is 2.35. The molecular weight excluding hydrogens is 485 g/mol. The predicted octanol–water partition coefficient (Wildman–Crippen LogP) is 4.19. The van der Waals surface area contributed by atoms with E-state index >= 15 is 0 Å². The van der Waals surface area contributed by atoms with Gasteiger partial charge >= 0.3 is 12.1 Å². The van der Waals surface area contributed by atoms with Crippen molar-refractivity contribution < 1.29 is 27.8 Å². The first-order chi connectivity index (χ1) is 16.5. The Morgan fingerprint density at radius 1 is 1.23 bits per heavy atom. The minimum absolute atomic E-state index is 0.146. The summed E-state index contributed by atoms with van der Waals surface area (Å²) in [5, 5.41) is 17.4. The van der Waals surface area contributed by atoms with E-state index in [-0.39, 0.29) is 5.95 Å². The van der Waals surface area contributed by atoms with Crippen molar-refractivity contribution in [3.63, 3.8) is 0 Å².